The van der Waals surface area contributed by atoms with Crippen molar-refractivity contribution in [2.24, 2.45) is 10.7 Å². The van der Waals surface area contributed by atoms with E-state index in [9.17, 15) is 0 Å². The highest BCUT2D eigenvalue weighted by Crippen LogP contribution is 2.36. The Morgan fingerprint density at radius 2 is 1.61 bits per heavy atom. The van der Waals surface area contributed by atoms with E-state index in [0.29, 0.717) is 23.0 Å². The summed E-state index contributed by atoms with van der Waals surface area (Å²) in [7, 11) is 0. The van der Waals surface area contributed by atoms with Crippen LogP contribution in [-0.4, -0.2) is 5.84 Å². The summed E-state index contributed by atoms with van der Waals surface area (Å²) in [6, 6.07) is 27.3. The Kier molecular flexibility index (Phi) is 8.76. The van der Waals surface area contributed by atoms with Crippen LogP contribution in [0.25, 0.3) is 5.57 Å². The Hall–Kier alpha value is -4.89. The van der Waals surface area contributed by atoms with Crippen molar-refractivity contribution in [1.82, 2.24) is 5.32 Å². The van der Waals surface area contributed by atoms with E-state index in [4.69, 9.17) is 10.7 Å². The van der Waals surface area contributed by atoms with Gasteiger partial charge in [-0.2, -0.15) is 0 Å². The molecule has 3 heteroatoms. The van der Waals surface area contributed by atoms with E-state index < -0.39 is 6.17 Å². The molecule has 2 aliphatic rings. The number of benzene rings is 3. The molecule has 0 amide bonds. The summed E-state index contributed by atoms with van der Waals surface area (Å²) in [6.07, 6.45) is 18.8. The number of amidine groups is 1. The number of hydrogen-bond acceptors (Lipinski definition) is 2. The molecule has 0 saturated heterocycles. The Balaban J connectivity index is 1.47. The average Bonchev–Trinajstić information content (AvgIpc) is 3.05. The molecule has 0 heterocycles. The monoisotopic (exact) mass is 535 g/mol. The predicted molar refractivity (Wildman–Crippen MR) is 175 cm³/mol. The molecule has 0 aromatic heterocycles. The van der Waals surface area contributed by atoms with Crippen molar-refractivity contribution in [2.75, 3.05) is 0 Å². The Morgan fingerprint density at radius 3 is 2.34 bits per heavy atom. The molecular formula is C38H37N3. The molecule has 5 rings (SSSR count). The first-order valence-corrected chi connectivity index (χ1v) is 14.1. The van der Waals surface area contributed by atoms with Gasteiger partial charge in [-0.15, -0.1) is 0 Å². The summed E-state index contributed by atoms with van der Waals surface area (Å²) in [5.41, 5.74) is 14.8. The van der Waals surface area contributed by atoms with E-state index >= 15 is 0 Å². The van der Waals surface area contributed by atoms with Crippen LogP contribution in [0.5, 0.6) is 0 Å². The van der Waals surface area contributed by atoms with Crippen LogP contribution in [0.1, 0.15) is 58.7 Å². The van der Waals surface area contributed by atoms with E-state index in [2.05, 4.69) is 110 Å². The molecule has 0 fully saturated rings. The highest BCUT2D eigenvalue weighted by Gasteiger charge is 2.22. The van der Waals surface area contributed by atoms with Crippen molar-refractivity contribution in [3.8, 4) is 0 Å². The van der Waals surface area contributed by atoms with Crippen molar-refractivity contribution in [3.63, 3.8) is 0 Å². The number of nitrogens with zero attached hydrogens (tertiary/aromatic N) is 1. The molecule has 2 aliphatic carbocycles. The highest BCUT2D eigenvalue weighted by molar-refractivity contribution is 5.97. The first kappa shape index (κ1) is 27.7. The predicted octanol–water partition coefficient (Wildman–Crippen LogP) is 8.66. The van der Waals surface area contributed by atoms with Crippen LogP contribution in [0.2, 0.25) is 0 Å². The summed E-state index contributed by atoms with van der Waals surface area (Å²) in [5.74, 6) is 1.09. The van der Waals surface area contributed by atoms with Gasteiger partial charge in [0, 0.05) is 28.7 Å². The molecule has 41 heavy (non-hydrogen) atoms. The zero-order valence-corrected chi connectivity index (χ0v) is 23.4. The number of aliphatic imine (C=N–C) groups is 1. The second-order valence-corrected chi connectivity index (χ2v) is 10.4. The quantitative estimate of drug-likeness (QED) is 0.155. The second-order valence-electron chi connectivity index (χ2n) is 10.4. The molecular weight excluding hydrogens is 498 g/mol. The largest absolute Gasteiger partial charge is 0.383 e. The molecule has 3 aromatic rings. The van der Waals surface area contributed by atoms with Gasteiger partial charge in [0.05, 0.1) is 0 Å². The Labute approximate surface area is 244 Å². The van der Waals surface area contributed by atoms with Crippen molar-refractivity contribution in [3.05, 3.63) is 186 Å². The van der Waals surface area contributed by atoms with E-state index in [-0.39, 0.29) is 5.92 Å². The third-order valence-corrected chi connectivity index (χ3v) is 7.69. The normalized spacial score (nSPS) is 18.8. The van der Waals surface area contributed by atoms with Crippen LogP contribution >= 0.6 is 0 Å². The van der Waals surface area contributed by atoms with Crippen molar-refractivity contribution >= 4 is 11.4 Å². The molecule has 0 bridgehead atoms. The topological polar surface area (TPSA) is 50.4 Å². The molecule has 0 radical (unpaired) electrons. The lowest BCUT2D eigenvalue weighted by Crippen LogP contribution is -2.25. The first-order chi connectivity index (χ1) is 20.0. The summed E-state index contributed by atoms with van der Waals surface area (Å²) in [5, 5.41) is 3.46. The maximum absolute atomic E-state index is 6.52. The van der Waals surface area contributed by atoms with Crippen LogP contribution in [0.15, 0.2) is 163 Å². The van der Waals surface area contributed by atoms with Gasteiger partial charge in [-0.3, -0.25) is 0 Å². The van der Waals surface area contributed by atoms with Gasteiger partial charge >= 0.3 is 0 Å². The van der Waals surface area contributed by atoms with Gasteiger partial charge in [-0.25, -0.2) is 4.99 Å². The maximum Gasteiger partial charge on any atom is 0.147 e. The number of nitrogens with one attached hydrogen (secondary N) is 1. The van der Waals surface area contributed by atoms with E-state index in [0.717, 1.165) is 24.0 Å². The van der Waals surface area contributed by atoms with Gasteiger partial charge in [0.2, 0.25) is 0 Å². The minimum absolute atomic E-state index is 0.186. The van der Waals surface area contributed by atoms with Gasteiger partial charge in [0.15, 0.2) is 0 Å². The van der Waals surface area contributed by atoms with Crippen molar-refractivity contribution in [1.29, 1.82) is 0 Å². The average molecular weight is 536 g/mol. The highest BCUT2D eigenvalue weighted by atomic mass is 15.1. The SMILES string of the molecule is C=CC(=C)C(=C)NC(N=C(N)c1ccccc1)c1ccccc1C1C=C(c2ccc(C3C=CC=CC3)cc2)C=CC1. The lowest BCUT2D eigenvalue weighted by atomic mass is 9.84. The third kappa shape index (κ3) is 6.64. The molecule has 0 aliphatic heterocycles. The molecule has 0 spiro atoms. The summed E-state index contributed by atoms with van der Waals surface area (Å²) in [4.78, 5) is 4.96. The fraction of sp³-hybridized carbons (Fsp3) is 0.132. The van der Waals surface area contributed by atoms with Crippen LogP contribution < -0.4 is 11.1 Å². The van der Waals surface area contributed by atoms with Gasteiger partial charge in [0.25, 0.3) is 0 Å². The van der Waals surface area contributed by atoms with E-state index in [1.807, 2.05) is 36.4 Å². The first-order valence-electron chi connectivity index (χ1n) is 14.1. The zero-order chi connectivity index (χ0) is 28.6. The number of hydrogen-bond donors (Lipinski definition) is 2. The number of nitrogens with two attached hydrogens (primary N) is 1. The molecule has 3 nitrogen and oxygen atoms in total. The zero-order valence-electron chi connectivity index (χ0n) is 23.4. The van der Waals surface area contributed by atoms with Crippen molar-refractivity contribution in [2.45, 2.75) is 30.8 Å². The molecule has 3 unspecified atom stereocenters. The standard InChI is InChI=1S/C38H37N3/c1-4-27(2)28(3)40-38(41-37(39)32-16-9-6-10-17-32)36-21-12-11-20-35(36)34-19-13-18-33(26-34)31-24-22-30(23-25-31)29-14-7-5-8-15-29/h4-14,16-18,20-26,29,34,38,40H,1-3,15,19H2,(H2,39,41). The fourth-order valence-electron chi connectivity index (χ4n) is 5.32. The van der Waals surface area contributed by atoms with Gasteiger partial charge in [-0.1, -0.05) is 147 Å². The molecule has 3 atom stereocenters. The van der Waals surface area contributed by atoms with Crippen LogP contribution in [0.4, 0.5) is 0 Å². The summed E-state index contributed by atoms with van der Waals surface area (Å²) in [6.45, 7) is 12.1. The van der Waals surface area contributed by atoms with Gasteiger partial charge in [0.1, 0.15) is 12.0 Å². The molecule has 0 saturated carbocycles. The number of allylic oxidation sites excluding steroid dienone is 9. The summed E-state index contributed by atoms with van der Waals surface area (Å²) < 4.78 is 0. The lowest BCUT2D eigenvalue weighted by molar-refractivity contribution is 0.623. The lowest BCUT2D eigenvalue weighted by Gasteiger charge is -2.26. The van der Waals surface area contributed by atoms with E-state index in [1.54, 1.807) is 6.08 Å². The Bertz CT molecular complexity index is 1570. The van der Waals surface area contributed by atoms with Gasteiger partial charge in [-0.05, 0) is 40.7 Å². The minimum atomic E-state index is -0.449. The van der Waals surface area contributed by atoms with Crippen molar-refractivity contribution < 1.29 is 0 Å². The molecule has 3 aromatic carbocycles. The smallest absolute Gasteiger partial charge is 0.147 e. The van der Waals surface area contributed by atoms with E-state index in [1.165, 1.54) is 22.3 Å². The van der Waals surface area contributed by atoms with Crippen LogP contribution in [0.3, 0.4) is 0 Å². The van der Waals surface area contributed by atoms with Crippen LogP contribution in [-0.2, 0) is 0 Å². The fourth-order valence-corrected chi connectivity index (χ4v) is 5.32. The summed E-state index contributed by atoms with van der Waals surface area (Å²) >= 11 is 0. The minimum Gasteiger partial charge on any atom is -0.383 e. The van der Waals surface area contributed by atoms with Gasteiger partial charge < -0.3 is 11.1 Å². The second kappa shape index (κ2) is 13.0. The Morgan fingerprint density at radius 1 is 0.878 bits per heavy atom. The van der Waals surface area contributed by atoms with Crippen LogP contribution in [0, 0.1) is 0 Å². The maximum atomic E-state index is 6.52. The molecule has 3 N–H and O–H groups in total. The number of rotatable bonds is 10. The molecule has 204 valence electrons. The third-order valence-electron chi connectivity index (χ3n) is 7.69.